The maximum Gasteiger partial charge on any atom is 0.246 e. The third-order valence-electron chi connectivity index (χ3n) is 3.93. The second-order valence-corrected chi connectivity index (χ2v) is 6.06. The molecule has 0 bridgehead atoms. The summed E-state index contributed by atoms with van der Waals surface area (Å²) in [6, 6.07) is 8.21. The highest BCUT2D eigenvalue weighted by Gasteiger charge is 2.08. The van der Waals surface area contributed by atoms with E-state index in [0.717, 1.165) is 24.9 Å². The van der Waals surface area contributed by atoms with Gasteiger partial charge in [0.05, 0.1) is 6.10 Å². The molecule has 0 aromatic heterocycles. The van der Waals surface area contributed by atoms with Gasteiger partial charge in [-0.15, -0.1) is 6.58 Å². The first-order valence-corrected chi connectivity index (χ1v) is 8.92. The van der Waals surface area contributed by atoms with Crippen LogP contribution in [0.2, 0.25) is 0 Å². The van der Waals surface area contributed by atoms with E-state index in [1.165, 1.54) is 24.8 Å². The molecule has 1 unspecified atom stereocenters. The maximum atomic E-state index is 11.9. The van der Waals surface area contributed by atoms with Gasteiger partial charge in [-0.1, -0.05) is 62.9 Å². The summed E-state index contributed by atoms with van der Waals surface area (Å²) in [5.74, 6) is -0.0882. The number of ether oxygens (including phenoxy) is 1. The second kappa shape index (κ2) is 12.7. The van der Waals surface area contributed by atoms with Crippen molar-refractivity contribution in [1.82, 2.24) is 10.6 Å². The van der Waals surface area contributed by atoms with Crippen molar-refractivity contribution >= 4 is 5.91 Å². The van der Waals surface area contributed by atoms with E-state index < -0.39 is 0 Å². The van der Waals surface area contributed by atoms with Crippen LogP contribution in [0.25, 0.3) is 0 Å². The molecule has 1 rings (SSSR count). The number of amides is 1. The Bertz CT molecular complexity index is 471. The van der Waals surface area contributed by atoms with E-state index in [-0.39, 0.29) is 18.6 Å². The van der Waals surface area contributed by atoms with E-state index >= 15 is 0 Å². The fourth-order valence-electron chi connectivity index (χ4n) is 2.46. The third-order valence-corrected chi connectivity index (χ3v) is 3.93. The average Bonchev–Trinajstić information content (AvgIpc) is 2.61. The predicted molar refractivity (Wildman–Crippen MR) is 99.7 cm³/mol. The van der Waals surface area contributed by atoms with Crippen LogP contribution in [-0.2, 0) is 22.6 Å². The number of benzene rings is 1. The number of hydrogen-bond acceptors (Lipinski definition) is 3. The van der Waals surface area contributed by atoms with Crippen LogP contribution in [0, 0.1) is 0 Å². The molecular formula is C20H32N2O2. The number of unbranched alkanes of at least 4 members (excludes halogenated alkanes) is 3. The highest BCUT2D eigenvalue weighted by atomic mass is 16.5. The van der Waals surface area contributed by atoms with Gasteiger partial charge in [0.15, 0.2) is 0 Å². The molecule has 0 saturated heterocycles. The summed E-state index contributed by atoms with van der Waals surface area (Å²) in [6.07, 6.45) is 7.48. The Hall–Kier alpha value is -1.65. The van der Waals surface area contributed by atoms with Crippen molar-refractivity contribution in [3.8, 4) is 0 Å². The normalized spacial score (nSPS) is 11.9. The van der Waals surface area contributed by atoms with Crippen LogP contribution in [0.4, 0.5) is 0 Å². The van der Waals surface area contributed by atoms with Gasteiger partial charge in [-0.2, -0.15) is 0 Å². The monoisotopic (exact) mass is 332 g/mol. The van der Waals surface area contributed by atoms with Gasteiger partial charge in [-0.25, -0.2) is 0 Å². The molecule has 0 saturated carbocycles. The highest BCUT2D eigenvalue weighted by Crippen LogP contribution is 2.09. The van der Waals surface area contributed by atoms with Crippen LogP contribution in [0.3, 0.4) is 0 Å². The molecule has 2 N–H and O–H groups in total. The number of nitrogens with one attached hydrogen (secondary N) is 2. The molecule has 0 radical (unpaired) electrons. The molecule has 0 fully saturated rings. The molecule has 0 spiro atoms. The summed E-state index contributed by atoms with van der Waals surface area (Å²) in [6.45, 7) is 7.45. The van der Waals surface area contributed by atoms with Crippen LogP contribution in [0.1, 0.15) is 50.2 Å². The molecule has 0 aliphatic rings. The molecule has 1 aromatic carbocycles. The summed E-state index contributed by atoms with van der Waals surface area (Å²) in [5.41, 5.74) is 2.32. The quantitative estimate of drug-likeness (QED) is 0.429. The summed E-state index contributed by atoms with van der Waals surface area (Å²) in [4.78, 5) is 11.9. The summed E-state index contributed by atoms with van der Waals surface area (Å²) in [5, 5.41) is 6.01. The van der Waals surface area contributed by atoms with Crippen molar-refractivity contribution in [1.29, 1.82) is 0 Å². The van der Waals surface area contributed by atoms with E-state index in [2.05, 4.69) is 36.3 Å². The van der Waals surface area contributed by atoms with Crippen LogP contribution >= 0.6 is 0 Å². The Labute approximate surface area is 146 Å². The Morgan fingerprint density at radius 1 is 1.17 bits per heavy atom. The first-order valence-electron chi connectivity index (χ1n) is 8.92. The van der Waals surface area contributed by atoms with Crippen LogP contribution in [0.5, 0.6) is 0 Å². The fourth-order valence-corrected chi connectivity index (χ4v) is 2.46. The highest BCUT2D eigenvalue weighted by molar-refractivity contribution is 5.77. The summed E-state index contributed by atoms with van der Waals surface area (Å²) in [7, 11) is 1.93. The first kappa shape index (κ1) is 20.4. The predicted octanol–water partition coefficient (Wildman–Crippen LogP) is 3.56. The van der Waals surface area contributed by atoms with E-state index in [1.54, 1.807) is 6.08 Å². The van der Waals surface area contributed by atoms with Crippen molar-refractivity contribution in [2.75, 3.05) is 13.7 Å². The topological polar surface area (TPSA) is 50.4 Å². The zero-order valence-corrected chi connectivity index (χ0v) is 15.1. The summed E-state index contributed by atoms with van der Waals surface area (Å²) < 4.78 is 5.63. The van der Waals surface area contributed by atoms with E-state index in [9.17, 15) is 4.79 Å². The SMILES string of the molecule is C=CC(CCCCCC)OCC(=O)NCc1ccc(CNC)cc1. The number of hydrogen-bond donors (Lipinski definition) is 2. The van der Waals surface area contributed by atoms with Gasteiger partial charge in [0.2, 0.25) is 5.91 Å². The maximum absolute atomic E-state index is 11.9. The lowest BCUT2D eigenvalue weighted by Crippen LogP contribution is -2.29. The largest absolute Gasteiger partial charge is 0.364 e. The molecule has 24 heavy (non-hydrogen) atoms. The Balaban J connectivity index is 2.23. The van der Waals surface area contributed by atoms with Crippen molar-refractivity contribution < 1.29 is 9.53 Å². The van der Waals surface area contributed by atoms with E-state index in [4.69, 9.17) is 4.74 Å². The van der Waals surface area contributed by atoms with Gasteiger partial charge in [-0.05, 0) is 24.6 Å². The lowest BCUT2D eigenvalue weighted by atomic mass is 10.1. The summed E-state index contributed by atoms with van der Waals surface area (Å²) >= 11 is 0. The van der Waals surface area contributed by atoms with Gasteiger partial charge in [-0.3, -0.25) is 4.79 Å². The zero-order chi connectivity index (χ0) is 17.6. The minimum absolute atomic E-state index is 0.0339. The van der Waals surface area contributed by atoms with Crippen molar-refractivity contribution in [2.24, 2.45) is 0 Å². The second-order valence-electron chi connectivity index (χ2n) is 6.06. The van der Waals surface area contributed by atoms with Gasteiger partial charge in [0, 0.05) is 13.1 Å². The van der Waals surface area contributed by atoms with Crippen LogP contribution in [0.15, 0.2) is 36.9 Å². The van der Waals surface area contributed by atoms with E-state index in [1.807, 2.05) is 19.2 Å². The Morgan fingerprint density at radius 2 is 1.83 bits per heavy atom. The van der Waals surface area contributed by atoms with Crippen LogP contribution < -0.4 is 10.6 Å². The molecular weight excluding hydrogens is 300 g/mol. The van der Waals surface area contributed by atoms with Crippen molar-refractivity contribution in [3.05, 3.63) is 48.0 Å². The lowest BCUT2D eigenvalue weighted by molar-refractivity contribution is -0.127. The molecule has 0 heterocycles. The minimum Gasteiger partial charge on any atom is -0.364 e. The standard InChI is InChI=1S/C20H32N2O2/c1-4-6-7-8-9-19(5-2)24-16-20(23)22-15-18-12-10-17(11-13-18)14-21-3/h5,10-13,19,21H,2,4,6-9,14-16H2,1,3H3,(H,22,23). The smallest absolute Gasteiger partial charge is 0.246 e. The molecule has 4 nitrogen and oxygen atoms in total. The van der Waals surface area contributed by atoms with Gasteiger partial charge >= 0.3 is 0 Å². The minimum atomic E-state index is -0.0882. The Kier molecular flexibility index (Phi) is 10.8. The lowest BCUT2D eigenvalue weighted by Gasteiger charge is -2.14. The molecule has 0 aliphatic heterocycles. The Morgan fingerprint density at radius 3 is 2.42 bits per heavy atom. The number of rotatable bonds is 13. The van der Waals surface area contributed by atoms with Crippen molar-refractivity contribution in [3.63, 3.8) is 0 Å². The molecule has 134 valence electrons. The molecule has 1 amide bonds. The zero-order valence-electron chi connectivity index (χ0n) is 15.1. The average molecular weight is 332 g/mol. The van der Waals surface area contributed by atoms with E-state index in [0.29, 0.717) is 6.54 Å². The third kappa shape index (κ3) is 8.85. The van der Waals surface area contributed by atoms with Gasteiger partial charge in [0.25, 0.3) is 0 Å². The number of carbonyl (C=O) groups excluding carboxylic acids is 1. The fraction of sp³-hybridized carbons (Fsp3) is 0.550. The van der Waals surface area contributed by atoms with Gasteiger partial charge in [0.1, 0.15) is 6.61 Å². The number of carbonyl (C=O) groups is 1. The molecule has 4 heteroatoms. The van der Waals surface area contributed by atoms with Crippen LogP contribution in [-0.4, -0.2) is 25.7 Å². The molecule has 0 aliphatic carbocycles. The van der Waals surface area contributed by atoms with Crippen molar-refractivity contribution in [2.45, 2.75) is 58.2 Å². The van der Waals surface area contributed by atoms with Gasteiger partial charge < -0.3 is 15.4 Å². The molecule has 1 aromatic rings. The molecule has 1 atom stereocenters. The first-order chi connectivity index (χ1) is 11.7.